The first-order valence-electron chi connectivity index (χ1n) is 8.26. The van der Waals surface area contributed by atoms with Crippen molar-refractivity contribution in [3.63, 3.8) is 0 Å². The van der Waals surface area contributed by atoms with Gasteiger partial charge in [0.05, 0.1) is 6.61 Å². The van der Waals surface area contributed by atoms with Gasteiger partial charge < -0.3 is 15.0 Å². The van der Waals surface area contributed by atoms with Crippen LogP contribution in [0.25, 0.3) is 0 Å². The molecule has 2 aliphatic rings. The number of carbonyl (C=O) groups excluding carboxylic acids is 1. The summed E-state index contributed by atoms with van der Waals surface area (Å²) < 4.78 is 7.51. The molecular formula is C16H26N4O2. The average Bonchev–Trinajstić information content (AvgIpc) is 3.21. The highest BCUT2D eigenvalue weighted by molar-refractivity contribution is 5.84. The summed E-state index contributed by atoms with van der Waals surface area (Å²) >= 11 is 0. The van der Waals surface area contributed by atoms with Crippen LogP contribution in [-0.4, -0.2) is 60.5 Å². The largest absolute Gasteiger partial charge is 0.379 e. The molecule has 1 aliphatic carbocycles. The Kier molecular flexibility index (Phi) is 4.78. The van der Waals surface area contributed by atoms with Crippen LogP contribution in [0.3, 0.4) is 0 Å². The molecule has 1 aromatic rings. The minimum Gasteiger partial charge on any atom is -0.379 e. The van der Waals surface area contributed by atoms with E-state index in [1.807, 2.05) is 24.0 Å². The molecule has 0 unspecified atom stereocenters. The smallest absolute Gasteiger partial charge is 0.250 e. The molecule has 6 heteroatoms. The van der Waals surface area contributed by atoms with Gasteiger partial charge in [-0.1, -0.05) is 0 Å². The van der Waals surface area contributed by atoms with E-state index in [0.717, 1.165) is 38.5 Å². The predicted molar refractivity (Wildman–Crippen MR) is 83.5 cm³/mol. The zero-order valence-corrected chi connectivity index (χ0v) is 13.3. The SMILES string of the molecule is CN(CCOCC1CC1)C(=O)C1(n2cccn2)CCNCC1. The van der Waals surface area contributed by atoms with E-state index in [4.69, 9.17) is 4.74 Å². The first-order chi connectivity index (χ1) is 10.7. The molecule has 122 valence electrons. The Labute approximate surface area is 131 Å². The van der Waals surface area contributed by atoms with E-state index in [-0.39, 0.29) is 5.91 Å². The number of amides is 1. The quantitative estimate of drug-likeness (QED) is 0.759. The number of nitrogens with zero attached hydrogens (tertiary/aromatic N) is 3. The second-order valence-corrected chi connectivity index (χ2v) is 6.48. The molecule has 1 saturated carbocycles. The number of carbonyl (C=O) groups is 1. The van der Waals surface area contributed by atoms with Crippen molar-refractivity contribution >= 4 is 5.91 Å². The lowest BCUT2D eigenvalue weighted by Crippen LogP contribution is -2.55. The van der Waals surface area contributed by atoms with E-state index in [0.29, 0.717) is 13.2 Å². The number of piperidine rings is 1. The summed E-state index contributed by atoms with van der Waals surface area (Å²) in [6.07, 6.45) is 7.80. The summed E-state index contributed by atoms with van der Waals surface area (Å²) in [6.45, 7) is 3.79. The number of hydrogen-bond acceptors (Lipinski definition) is 4. The molecule has 0 spiro atoms. The monoisotopic (exact) mass is 306 g/mol. The van der Waals surface area contributed by atoms with Crippen molar-refractivity contribution in [3.8, 4) is 0 Å². The van der Waals surface area contributed by atoms with E-state index in [9.17, 15) is 4.79 Å². The minimum atomic E-state index is -0.542. The Morgan fingerprint density at radius 3 is 2.86 bits per heavy atom. The molecule has 1 aromatic heterocycles. The maximum Gasteiger partial charge on any atom is 0.250 e. The number of aromatic nitrogens is 2. The van der Waals surface area contributed by atoms with Gasteiger partial charge in [0, 0.05) is 32.6 Å². The van der Waals surface area contributed by atoms with Gasteiger partial charge >= 0.3 is 0 Å². The van der Waals surface area contributed by atoms with Crippen molar-refractivity contribution in [1.29, 1.82) is 0 Å². The van der Waals surface area contributed by atoms with E-state index in [1.165, 1.54) is 12.8 Å². The van der Waals surface area contributed by atoms with Gasteiger partial charge in [-0.2, -0.15) is 5.10 Å². The molecule has 0 atom stereocenters. The molecule has 1 saturated heterocycles. The summed E-state index contributed by atoms with van der Waals surface area (Å²) in [7, 11) is 1.87. The Morgan fingerprint density at radius 2 is 2.23 bits per heavy atom. The Hall–Kier alpha value is -1.40. The zero-order chi connectivity index (χ0) is 15.4. The van der Waals surface area contributed by atoms with Crippen LogP contribution >= 0.6 is 0 Å². The molecule has 1 N–H and O–H groups in total. The zero-order valence-electron chi connectivity index (χ0n) is 13.3. The summed E-state index contributed by atoms with van der Waals surface area (Å²) in [6, 6.07) is 1.88. The predicted octanol–water partition coefficient (Wildman–Crippen LogP) is 0.847. The second-order valence-electron chi connectivity index (χ2n) is 6.48. The number of rotatable bonds is 7. The van der Waals surface area contributed by atoms with Gasteiger partial charge in [0.2, 0.25) is 5.91 Å². The fourth-order valence-corrected chi connectivity index (χ4v) is 3.10. The maximum atomic E-state index is 13.0. The third-order valence-electron chi connectivity index (χ3n) is 4.74. The van der Waals surface area contributed by atoms with E-state index >= 15 is 0 Å². The lowest BCUT2D eigenvalue weighted by atomic mass is 9.87. The van der Waals surface area contributed by atoms with Crippen molar-refractivity contribution in [3.05, 3.63) is 18.5 Å². The first kappa shape index (κ1) is 15.5. The van der Waals surface area contributed by atoms with Gasteiger partial charge in [0.15, 0.2) is 0 Å². The van der Waals surface area contributed by atoms with Crippen molar-refractivity contribution < 1.29 is 9.53 Å². The van der Waals surface area contributed by atoms with E-state index in [1.54, 1.807) is 11.1 Å². The minimum absolute atomic E-state index is 0.146. The van der Waals surface area contributed by atoms with Crippen LogP contribution in [0.5, 0.6) is 0 Å². The molecule has 3 rings (SSSR count). The number of hydrogen-bond donors (Lipinski definition) is 1. The highest BCUT2D eigenvalue weighted by Crippen LogP contribution is 2.30. The van der Waals surface area contributed by atoms with Crippen LogP contribution in [0, 0.1) is 5.92 Å². The van der Waals surface area contributed by atoms with Gasteiger partial charge in [-0.15, -0.1) is 0 Å². The van der Waals surface area contributed by atoms with Crippen LogP contribution in [0.2, 0.25) is 0 Å². The summed E-state index contributed by atoms with van der Waals surface area (Å²) in [5.74, 6) is 0.911. The van der Waals surface area contributed by atoms with Crippen LogP contribution in [0.4, 0.5) is 0 Å². The molecule has 22 heavy (non-hydrogen) atoms. The Morgan fingerprint density at radius 1 is 1.45 bits per heavy atom. The van der Waals surface area contributed by atoms with Crippen LogP contribution in [-0.2, 0) is 15.1 Å². The highest BCUT2D eigenvalue weighted by atomic mass is 16.5. The maximum absolute atomic E-state index is 13.0. The molecular weight excluding hydrogens is 280 g/mol. The first-order valence-corrected chi connectivity index (χ1v) is 8.26. The van der Waals surface area contributed by atoms with Gasteiger partial charge in [0.1, 0.15) is 5.54 Å². The fourth-order valence-electron chi connectivity index (χ4n) is 3.10. The Balaban J connectivity index is 1.60. The average molecular weight is 306 g/mol. The second kappa shape index (κ2) is 6.79. The third kappa shape index (κ3) is 3.33. The third-order valence-corrected chi connectivity index (χ3v) is 4.74. The number of ether oxygens (including phenoxy) is 1. The lowest BCUT2D eigenvalue weighted by molar-refractivity contribution is -0.142. The summed E-state index contributed by atoms with van der Waals surface area (Å²) in [5, 5.41) is 7.68. The van der Waals surface area contributed by atoms with Gasteiger partial charge in [0.25, 0.3) is 0 Å². The molecule has 0 aromatic carbocycles. The Bertz CT molecular complexity index is 478. The molecule has 2 heterocycles. The van der Waals surface area contributed by atoms with Gasteiger partial charge in [-0.25, -0.2) is 0 Å². The van der Waals surface area contributed by atoms with E-state index < -0.39 is 5.54 Å². The van der Waals surface area contributed by atoms with Crippen molar-refractivity contribution in [2.45, 2.75) is 31.2 Å². The summed E-state index contributed by atoms with van der Waals surface area (Å²) in [5.41, 5.74) is -0.542. The lowest BCUT2D eigenvalue weighted by Gasteiger charge is -2.39. The number of nitrogens with one attached hydrogen (secondary N) is 1. The molecule has 0 radical (unpaired) electrons. The van der Waals surface area contributed by atoms with Gasteiger partial charge in [-0.05, 0) is 50.8 Å². The number of likely N-dealkylation sites (N-methyl/N-ethyl adjacent to an activating group) is 1. The molecule has 1 amide bonds. The summed E-state index contributed by atoms with van der Waals surface area (Å²) in [4.78, 5) is 14.8. The molecule has 1 aliphatic heterocycles. The van der Waals surface area contributed by atoms with Crippen molar-refractivity contribution in [1.82, 2.24) is 20.0 Å². The van der Waals surface area contributed by atoms with Crippen LogP contribution in [0.15, 0.2) is 18.5 Å². The molecule has 0 bridgehead atoms. The van der Waals surface area contributed by atoms with Crippen molar-refractivity contribution in [2.75, 3.05) is 39.9 Å². The van der Waals surface area contributed by atoms with Crippen molar-refractivity contribution in [2.24, 2.45) is 5.92 Å². The topological polar surface area (TPSA) is 59.4 Å². The van der Waals surface area contributed by atoms with Crippen LogP contribution < -0.4 is 5.32 Å². The molecule has 6 nitrogen and oxygen atoms in total. The van der Waals surface area contributed by atoms with E-state index in [2.05, 4.69) is 10.4 Å². The van der Waals surface area contributed by atoms with Gasteiger partial charge in [-0.3, -0.25) is 9.48 Å². The fraction of sp³-hybridized carbons (Fsp3) is 0.750. The normalized spacial score (nSPS) is 20.8. The highest BCUT2D eigenvalue weighted by Gasteiger charge is 2.43. The molecule has 2 fully saturated rings. The standard InChI is InChI=1S/C16H26N4O2/c1-19(11-12-22-13-14-3-4-14)15(21)16(5-8-17-9-6-16)20-10-2-7-18-20/h2,7,10,14,17H,3-6,8-9,11-13H2,1H3. The van der Waals surface area contributed by atoms with Crippen LogP contribution in [0.1, 0.15) is 25.7 Å².